The van der Waals surface area contributed by atoms with Crippen LogP contribution >= 0.6 is 0 Å². The average molecular weight is 377 g/mol. The third kappa shape index (κ3) is 3.49. The zero-order chi connectivity index (χ0) is 19.5. The molecule has 1 N–H and O–H groups in total. The van der Waals surface area contributed by atoms with Gasteiger partial charge in [0, 0.05) is 19.5 Å². The van der Waals surface area contributed by atoms with Crippen LogP contribution in [0.5, 0.6) is 0 Å². The molecule has 146 valence electrons. The largest absolute Gasteiger partial charge is 0.349 e. The van der Waals surface area contributed by atoms with E-state index in [1.165, 1.54) is 11.1 Å². The number of aromatic nitrogens is 2. The number of amides is 1. The van der Waals surface area contributed by atoms with Gasteiger partial charge in [-0.05, 0) is 48.9 Å². The van der Waals surface area contributed by atoms with E-state index in [4.69, 9.17) is 0 Å². The first-order valence-electron chi connectivity index (χ1n) is 10.2. The van der Waals surface area contributed by atoms with Crippen LogP contribution in [0.1, 0.15) is 49.8 Å². The van der Waals surface area contributed by atoms with Gasteiger partial charge in [-0.2, -0.15) is 0 Å². The minimum atomic E-state index is -0.0288. The van der Waals surface area contributed by atoms with Crippen LogP contribution in [0.4, 0.5) is 0 Å². The Labute approximate surface area is 165 Å². The van der Waals surface area contributed by atoms with Crippen LogP contribution in [0, 0.1) is 0 Å². The maximum absolute atomic E-state index is 12.8. The Morgan fingerprint density at radius 1 is 1.04 bits per heavy atom. The summed E-state index contributed by atoms with van der Waals surface area (Å²) < 4.78 is 3.55. The number of hydrogen-bond acceptors (Lipinski definition) is 2. The summed E-state index contributed by atoms with van der Waals surface area (Å²) in [4.78, 5) is 25.5. The second kappa shape index (κ2) is 8.05. The molecule has 5 nitrogen and oxygen atoms in total. The molecule has 1 aliphatic carbocycles. The standard InChI is InChI=1S/C23H27N3O2/c1-2-15-25-20-12-5-6-13-21(20)26(23(25)28)16-14-22(27)24-19-11-7-9-17-8-3-4-10-18(17)19/h3-6,8,10,12-13,19H,2,7,9,11,14-16H2,1H3,(H,24,27). The molecule has 0 saturated heterocycles. The zero-order valence-electron chi connectivity index (χ0n) is 16.4. The average Bonchev–Trinajstić information content (AvgIpc) is 2.98. The van der Waals surface area contributed by atoms with Gasteiger partial charge in [-0.3, -0.25) is 13.9 Å². The molecule has 4 rings (SSSR count). The Morgan fingerprint density at radius 3 is 2.46 bits per heavy atom. The topological polar surface area (TPSA) is 56.0 Å². The summed E-state index contributed by atoms with van der Waals surface area (Å²) in [6.45, 7) is 3.15. The fraction of sp³-hybridized carbons (Fsp3) is 0.391. The molecule has 1 amide bonds. The molecule has 1 unspecified atom stereocenters. The van der Waals surface area contributed by atoms with Crippen LogP contribution in [0.2, 0.25) is 0 Å². The van der Waals surface area contributed by atoms with E-state index in [2.05, 4.69) is 30.4 Å². The van der Waals surface area contributed by atoms with Crippen molar-refractivity contribution in [3.8, 4) is 0 Å². The van der Waals surface area contributed by atoms with Crippen LogP contribution in [-0.4, -0.2) is 15.0 Å². The number of nitrogens with zero attached hydrogens (tertiary/aromatic N) is 2. The maximum Gasteiger partial charge on any atom is 0.329 e. The molecule has 1 aromatic heterocycles. The van der Waals surface area contributed by atoms with Crippen molar-refractivity contribution >= 4 is 16.9 Å². The molecule has 5 heteroatoms. The van der Waals surface area contributed by atoms with E-state index >= 15 is 0 Å². The second-order valence-corrected chi connectivity index (χ2v) is 7.54. The van der Waals surface area contributed by atoms with Crippen LogP contribution in [0.3, 0.4) is 0 Å². The van der Waals surface area contributed by atoms with E-state index in [0.717, 1.165) is 36.7 Å². The Morgan fingerprint density at radius 2 is 1.71 bits per heavy atom. The van der Waals surface area contributed by atoms with Gasteiger partial charge in [0.25, 0.3) is 0 Å². The summed E-state index contributed by atoms with van der Waals surface area (Å²) in [6.07, 6.45) is 4.34. The Kier molecular flexibility index (Phi) is 5.33. The van der Waals surface area contributed by atoms with Gasteiger partial charge in [0.1, 0.15) is 0 Å². The lowest BCUT2D eigenvalue weighted by Crippen LogP contribution is -2.32. The summed E-state index contributed by atoms with van der Waals surface area (Å²) in [7, 11) is 0. The highest BCUT2D eigenvalue weighted by Gasteiger charge is 2.21. The minimum absolute atomic E-state index is 0.000857. The third-order valence-electron chi connectivity index (χ3n) is 5.64. The quantitative estimate of drug-likeness (QED) is 0.710. The van der Waals surface area contributed by atoms with E-state index in [-0.39, 0.29) is 17.6 Å². The Hall–Kier alpha value is -2.82. The molecule has 0 bridgehead atoms. The molecule has 0 fully saturated rings. The molecule has 2 aromatic carbocycles. The van der Waals surface area contributed by atoms with Crippen LogP contribution < -0.4 is 11.0 Å². The molecule has 0 spiro atoms. The fourth-order valence-electron chi connectivity index (χ4n) is 4.31. The van der Waals surface area contributed by atoms with Gasteiger partial charge in [-0.15, -0.1) is 0 Å². The van der Waals surface area contributed by atoms with E-state index in [9.17, 15) is 9.59 Å². The minimum Gasteiger partial charge on any atom is -0.349 e. The van der Waals surface area contributed by atoms with Gasteiger partial charge in [0.15, 0.2) is 0 Å². The number of benzene rings is 2. The molecule has 28 heavy (non-hydrogen) atoms. The van der Waals surface area contributed by atoms with Gasteiger partial charge >= 0.3 is 5.69 Å². The lowest BCUT2D eigenvalue weighted by atomic mass is 9.88. The third-order valence-corrected chi connectivity index (χ3v) is 5.64. The number of nitrogens with one attached hydrogen (secondary N) is 1. The van der Waals surface area contributed by atoms with E-state index in [1.54, 1.807) is 4.57 Å². The maximum atomic E-state index is 12.8. The van der Waals surface area contributed by atoms with Gasteiger partial charge in [0.05, 0.1) is 17.1 Å². The molecular weight excluding hydrogens is 350 g/mol. The molecule has 3 aromatic rings. The van der Waals surface area contributed by atoms with Crippen LogP contribution in [-0.2, 0) is 24.3 Å². The molecule has 0 radical (unpaired) electrons. The van der Waals surface area contributed by atoms with E-state index in [1.807, 2.05) is 34.9 Å². The Balaban J connectivity index is 1.49. The second-order valence-electron chi connectivity index (χ2n) is 7.54. The highest BCUT2D eigenvalue weighted by Crippen LogP contribution is 2.29. The van der Waals surface area contributed by atoms with Crippen molar-refractivity contribution in [3.63, 3.8) is 0 Å². The first-order valence-corrected chi connectivity index (χ1v) is 10.2. The predicted molar refractivity (Wildman–Crippen MR) is 111 cm³/mol. The van der Waals surface area contributed by atoms with Crippen molar-refractivity contribution in [1.29, 1.82) is 0 Å². The number of hydrogen-bond donors (Lipinski definition) is 1. The molecule has 0 aliphatic heterocycles. The summed E-state index contributed by atoms with van der Waals surface area (Å²) in [5.41, 5.74) is 4.38. The van der Waals surface area contributed by atoms with Gasteiger partial charge in [-0.1, -0.05) is 43.3 Å². The SMILES string of the molecule is CCCn1c(=O)n(CCC(=O)NC2CCCc3ccccc32)c2ccccc21. The Bertz CT molecular complexity index is 1050. The van der Waals surface area contributed by atoms with Crippen molar-refractivity contribution < 1.29 is 4.79 Å². The predicted octanol–water partition coefficient (Wildman–Crippen LogP) is 3.80. The van der Waals surface area contributed by atoms with Gasteiger partial charge < -0.3 is 5.32 Å². The first-order chi connectivity index (χ1) is 13.7. The number of aryl methyl sites for hydroxylation is 3. The normalized spacial score (nSPS) is 16.1. The summed E-state index contributed by atoms with van der Waals surface area (Å²) in [6, 6.07) is 16.3. The van der Waals surface area contributed by atoms with Crippen molar-refractivity contribution in [2.45, 2.75) is 58.2 Å². The van der Waals surface area contributed by atoms with E-state index in [0.29, 0.717) is 19.5 Å². The van der Waals surface area contributed by atoms with Crippen LogP contribution in [0.25, 0.3) is 11.0 Å². The summed E-state index contributed by atoms with van der Waals surface area (Å²) in [5, 5.41) is 3.18. The smallest absolute Gasteiger partial charge is 0.329 e. The van der Waals surface area contributed by atoms with Crippen molar-refractivity contribution in [1.82, 2.24) is 14.5 Å². The van der Waals surface area contributed by atoms with Gasteiger partial charge in [-0.25, -0.2) is 4.79 Å². The van der Waals surface area contributed by atoms with Crippen molar-refractivity contribution in [3.05, 3.63) is 70.1 Å². The highest BCUT2D eigenvalue weighted by molar-refractivity contribution is 5.78. The lowest BCUT2D eigenvalue weighted by molar-refractivity contribution is -0.122. The van der Waals surface area contributed by atoms with Crippen LogP contribution in [0.15, 0.2) is 53.3 Å². The number of imidazole rings is 1. The van der Waals surface area contributed by atoms with Crippen molar-refractivity contribution in [2.24, 2.45) is 0 Å². The summed E-state index contributed by atoms with van der Waals surface area (Å²) in [5.74, 6) is 0.000857. The molecule has 1 aliphatic rings. The molecule has 0 saturated carbocycles. The molecule has 1 heterocycles. The van der Waals surface area contributed by atoms with Crippen molar-refractivity contribution in [2.75, 3.05) is 0 Å². The van der Waals surface area contributed by atoms with Gasteiger partial charge in [0.2, 0.25) is 5.91 Å². The van der Waals surface area contributed by atoms with E-state index < -0.39 is 0 Å². The summed E-state index contributed by atoms with van der Waals surface area (Å²) >= 11 is 0. The molecular formula is C23H27N3O2. The lowest BCUT2D eigenvalue weighted by Gasteiger charge is -2.26. The number of carbonyl (C=O) groups is 1. The first kappa shape index (κ1) is 18.5. The highest BCUT2D eigenvalue weighted by atomic mass is 16.2. The molecule has 1 atom stereocenters. The number of carbonyl (C=O) groups excluding carboxylic acids is 1. The zero-order valence-corrected chi connectivity index (χ0v) is 16.4. The fourth-order valence-corrected chi connectivity index (χ4v) is 4.31. The monoisotopic (exact) mass is 377 g/mol. The number of rotatable bonds is 6. The number of para-hydroxylation sites is 2. The number of fused-ring (bicyclic) bond motifs is 2.